The third-order valence-corrected chi connectivity index (χ3v) is 3.68. The van der Waals surface area contributed by atoms with E-state index in [1.54, 1.807) is 6.20 Å². The van der Waals surface area contributed by atoms with Crippen LogP contribution in [-0.2, 0) is 4.74 Å². The third kappa shape index (κ3) is 4.51. The van der Waals surface area contributed by atoms with Crippen molar-refractivity contribution in [2.24, 2.45) is 5.92 Å². The van der Waals surface area contributed by atoms with Crippen molar-refractivity contribution in [3.63, 3.8) is 0 Å². The number of rotatable bonds is 3. The summed E-state index contributed by atoms with van der Waals surface area (Å²) in [6, 6.07) is 2.01. The Balaban J connectivity index is 1.83. The van der Waals surface area contributed by atoms with Gasteiger partial charge in [0, 0.05) is 19.6 Å². The van der Waals surface area contributed by atoms with Crippen molar-refractivity contribution in [2.75, 3.05) is 30.3 Å². The minimum absolute atomic E-state index is 0.354. The zero-order valence-corrected chi connectivity index (χ0v) is 13.8. The Morgan fingerprint density at radius 1 is 1.55 bits per heavy atom. The number of carbonyl (C=O) groups excluding carboxylic acids is 1. The van der Waals surface area contributed by atoms with Gasteiger partial charge in [0.05, 0.1) is 11.9 Å². The summed E-state index contributed by atoms with van der Waals surface area (Å²) >= 11 is 0. The number of hydrogen-bond acceptors (Lipinski definition) is 5. The highest BCUT2D eigenvalue weighted by Crippen LogP contribution is 2.24. The van der Waals surface area contributed by atoms with Crippen molar-refractivity contribution in [3.05, 3.63) is 17.8 Å². The Morgan fingerprint density at radius 3 is 2.91 bits per heavy atom. The lowest BCUT2D eigenvalue weighted by Gasteiger charge is -2.21. The molecule has 0 bridgehead atoms. The molecule has 0 radical (unpaired) electrons. The van der Waals surface area contributed by atoms with Gasteiger partial charge in [0.15, 0.2) is 0 Å². The van der Waals surface area contributed by atoms with Crippen molar-refractivity contribution in [1.82, 2.24) is 10.3 Å². The molecule has 2 rings (SSSR count). The van der Waals surface area contributed by atoms with Crippen LogP contribution in [0, 0.1) is 12.8 Å². The normalized spacial score (nSPS) is 18.4. The molecule has 3 N–H and O–H groups in total. The van der Waals surface area contributed by atoms with Gasteiger partial charge in [-0.3, -0.25) is 0 Å². The molecule has 1 aliphatic heterocycles. The van der Waals surface area contributed by atoms with E-state index < -0.39 is 5.60 Å². The zero-order chi connectivity index (χ0) is 16.3. The Labute approximate surface area is 132 Å². The molecule has 1 fully saturated rings. The zero-order valence-electron chi connectivity index (χ0n) is 13.8. The standard InChI is InChI=1S/C16H26N4O2/c1-11-7-14(18-9-13(11)17)20-6-5-12(10-20)8-19-15(21)22-16(2,3)4/h7,9,12H,5-6,8,10,17H2,1-4H3,(H,19,21). The van der Waals surface area contributed by atoms with E-state index in [1.165, 1.54) is 0 Å². The topological polar surface area (TPSA) is 80.5 Å². The van der Waals surface area contributed by atoms with Gasteiger partial charge in [-0.05, 0) is 51.7 Å². The molecule has 1 unspecified atom stereocenters. The first kappa shape index (κ1) is 16.4. The molecular formula is C16H26N4O2. The Bertz CT molecular complexity index is 539. The fourth-order valence-electron chi connectivity index (χ4n) is 2.47. The number of carbonyl (C=O) groups is 1. The third-order valence-electron chi connectivity index (χ3n) is 3.68. The summed E-state index contributed by atoms with van der Waals surface area (Å²) in [5, 5.41) is 2.85. The van der Waals surface area contributed by atoms with Gasteiger partial charge in [-0.2, -0.15) is 0 Å². The second-order valence-electron chi connectivity index (χ2n) is 6.88. The predicted octanol–water partition coefficient (Wildman–Crippen LogP) is 2.32. The molecule has 0 saturated carbocycles. The van der Waals surface area contributed by atoms with Crippen LogP contribution in [0.25, 0.3) is 0 Å². The average molecular weight is 306 g/mol. The Morgan fingerprint density at radius 2 is 2.27 bits per heavy atom. The molecule has 1 amide bonds. The number of pyridine rings is 1. The molecule has 6 heteroatoms. The van der Waals surface area contributed by atoms with E-state index in [0.29, 0.717) is 18.2 Å². The van der Waals surface area contributed by atoms with Crippen LogP contribution in [-0.4, -0.2) is 36.3 Å². The first-order valence-electron chi connectivity index (χ1n) is 7.68. The van der Waals surface area contributed by atoms with Gasteiger partial charge >= 0.3 is 6.09 Å². The number of alkyl carbamates (subject to hydrolysis) is 1. The molecule has 1 aromatic rings. The Kier molecular flexibility index (Phi) is 4.78. The number of ether oxygens (including phenoxy) is 1. The SMILES string of the molecule is Cc1cc(N2CCC(CNC(=O)OC(C)(C)C)C2)ncc1N. The van der Waals surface area contributed by atoms with Crippen LogP contribution in [0.2, 0.25) is 0 Å². The van der Waals surface area contributed by atoms with Crippen LogP contribution >= 0.6 is 0 Å². The van der Waals surface area contributed by atoms with E-state index in [1.807, 2.05) is 33.8 Å². The minimum Gasteiger partial charge on any atom is -0.444 e. The highest BCUT2D eigenvalue weighted by Gasteiger charge is 2.25. The number of aryl methyl sites for hydroxylation is 1. The summed E-state index contributed by atoms with van der Waals surface area (Å²) < 4.78 is 5.25. The number of aromatic nitrogens is 1. The predicted molar refractivity (Wildman–Crippen MR) is 87.9 cm³/mol. The van der Waals surface area contributed by atoms with Crippen LogP contribution in [0.4, 0.5) is 16.3 Å². The number of hydrogen-bond donors (Lipinski definition) is 2. The van der Waals surface area contributed by atoms with Gasteiger partial charge in [0.25, 0.3) is 0 Å². The fourth-order valence-corrected chi connectivity index (χ4v) is 2.47. The number of nitrogens with zero attached hydrogens (tertiary/aromatic N) is 2. The van der Waals surface area contributed by atoms with Crippen LogP contribution in [0.15, 0.2) is 12.3 Å². The van der Waals surface area contributed by atoms with E-state index in [-0.39, 0.29) is 6.09 Å². The summed E-state index contributed by atoms with van der Waals surface area (Å²) in [6.07, 6.45) is 2.38. The van der Waals surface area contributed by atoms with Gasteiger partial charge in [0.2, 0.25) is 0 Å². The van der Waals surface area contributed by atoms with Crippen LogP contribution in [0.5, 0.6) is 0 Å². The number of anilines is 2. The molecule has 2 heterocycles. The van der Waals surface area contributed by atoms with Crippen molar-refractivity contribution >= 4 is 17.6 Å². The van der Waals surface area contributed by atoms with E-state index in [4.69, 9.17) is 10.5 Å². The summed E-state index contributed by atoms with van der Waals surface area (Å²) in [5.41, 5.74) is 7.10. The number of nitrogens with two attached hydrogens (primary N) is 1. The molecule has 122 valence electrons. The lowest BCUT2D eigenvalue weighted by atomic mass is 10.1. The average Bonchev–Trinajstić information content (AvgIpc) is 2.86. The highest BCUT2D eigenvalue weighted by molar-refractivity contribution is 5.67. The van der Waals surface area contributed by atoms with Gasteiger partial charge < -0.3 is 20.7 Å². The fraction of sp³-hybridized carbons (Fsp3) is 0.625. The van der Waals surface area contributed by atoms with Crippen LogP contribution in [0.3, 0.4) is 0 Å². The van der Waals surface area contributed by atoms with Crippen molar-refractivity contribution in [2.45, 2.75) is 39.7 Å². The minimum atomic E-state index is -0.461. The molecule has 1 atom stereocenters. The van der Waals surface area contributed by atoms with Crippen molar-refractivity contribution in [3.8, 4) is 0 Å². The Hall–Kier alpha value is -1.98. The van der Waals surface area contributed by atoms with Gasteiger partial charge in [0.1, 0.15) is 11.4 Å². The summed E-state index contributed by atoms with van der Waals surface area (Å²) in [4.78, 5) is 18.3. The second kappa shape index (κ2) is 6.42. The van der Waals surface area contributed by atoms with E-state index in [0.717, 1.165) is 30.9 Å². The maximum Gasteiger partial charge on any atom is 0.407 e. The summed E-state index contributed by atoms with van der Waals surface area (Å²) in [7, 11) is 0. The molecule has 1 aliphatic rings. The largest absolute Gasteiger partial charge is 0.444 e. The first-order chi connectivity index (χ1) is 10.2. The maximum atomic E-state index is 11.7. The van der Waals surface area contributed by atoms with Gasteiger partial charge in [-0.1, -0.05) is 0 Å². The van der Waals surface area contributed by atoms with Crippen molar-refractivity contribution in [1.29, 1.82) is 0 Å². The molecule has 0 aliphatic carbocycles. The summed E-state index contributed by atoms with van der Waals surface area (Å²) in [5.74, 6) is 1.36. The maximum absolute atomic E-state index is 11.7. The highest BCUT2D eigenvalue weighted by atomic mass is 16.6. The quantitative estimate of drug-likeness (QED) is 0.896. The smallest absolute Gasteiger partial charge is 0.407 e. The number of amides is 1. The number of nitrogen functional groups attached to an aromatic ring is 1. The monoisotopic (exact) mass is 306 g/mol. The van der Waals surface area contributed by atoms with Gasteiger partial charge in [-0.25, -0.2) is 9.78 Å². The van der Waals surface area contributed by atoms with Gasteiger partial charge in [-0.15, -0.1) is 0 Å². The van der Waals surface area contributed by atoms with Crippen LogP contribution < -0.4 is 16.0 Å². The second-order valence-corrected chi connectivity index (χ2v) is 6.88. The summed E-state index contributed by atoms with van der Waals surface area (Å²) in [6.45, 7) is 10.0. The molecule has 6 nitrogen and oxygen atoms in total. The molecule has 0 spiro atoms. The van der Waals surface area contributed by atoms with E-state index in [9.17, 15) is 4.79 Å². The molecule has 1 aromatic heterocycles. The van der Waals surface area contributed by atoms with Crippen molar-refractivity contribution < 1.29 is 9.53 Å². The lowest BCUT2D eigenvalue weighted by Crippen LogP contribution is -2.36. The van der Waals surface area contributed by atoms with E-state index in [2.05, 4.69) is 15.2 Å². The first-order valence-corrected chi connectivity index (χ1v) is 7.68. The molecular weight excluding hydrogens is 280 g/mol. The molecule has 1 saturated heterocycles. The van der Waals surface area contributed by atoms with Crippen LogP contribution in [0.1, 0.15) is 32.8 Å². The van der Waals surface area contributed by atoms with E-state index >= 15 is 0 Å². The lowest BCUT2D eigenvalue weighted by molar-refractivity contribution is 0.0520. The molecule has 22 heavy (non-hydrogen) atoms. The number of nitrogens with one attached hydrogen (secondary N) is 1. The molecule has 0 aromatic carbocycles.